The normalized spacial score (nSPS) is 11.0. The van der Waals surface area contributed by atoms with Gasteiger partial charge in [0.05, 0.1) is 11.2 Å². The van der Waals surface area contributed by atoms with Gasteiger partial charge in [0.2, 0.25) is 0 Å². The molecule has 0 saturated carbocycles. The van der Waals surface area contributed by atoms with Crippen LogP contribution in [0, 0.1) is 11.3 Å². The van der Waals surface area contributed by atoms with Crippen LogP contribution in [0.2, 0.25) is 5.02 Å². The van der Waals surface area contributed by atoms with E-state index in [9.17, 15) is 5.11 Å². The van der Waals surface area contributed by atoms with Crippen LogP contribution < -0.4 is 4.74 Å². The second-order valence-corrected chi connectivity index (χ2v) is 4.41. The molecule has 0 saturated heterocycles. The third-order valence-corrected chi connectivity index (χ3v) is 3.11. The van der Waals surface area contributed by atoms with Crippen molar-refractivity contribution in [1.82, 2.24) is 0 Å². The van der Waals surface area contributed by atoms with Gasteiger partial charge < -0.3 is 9.84 Å². The molecular formula is C13H16ClNO2. The van der Waals surface area contributed by atoms with Gasteiger partial charge in [-0.15, -0.1) is 0 Å². The highest BCUT2D eigenvalue weighted by molar-refractivity contribution is 6.30. The van der Waals surface area contributed by atoms with E-state index in [0.717, 1.165) is 0 Å². The van der Waals surface area contributed by atoms with Gasteiger partial charge in [0.1, 0.15) is 18.4 Å². The Morgan fingerprint density at radius 3 is 2.59 bits per heavy atom. The van der Waals surface area contributed by atoms with Crippen LogP contribution in [0.1, 0.15) is 32.3 Å². The summed E-state index contributed by atoms with van der Waals surface area (Å²) in [6, 6.07) is 6.86. The highest BCUT2D eigenvalue weighted by Crippen LogP contribution is 2.25. The van der Waals surface area contributed by atoms with E-state index in [-0.39, 0.29) is 6.61 Å². The number of nitrogens with zero attached hydrogens (tertiary/aromatic N) is 1. The van der Waals surface area contributed by atoms with Crippen molar-refractivity contribution >= 4 is 11.6 Å². The Morgan fingerprint density at radius 1 is 1.41 bits per heavy atom. The smallest absolute Gasteiger partial charge is 0.138 e. The second kappa shape index (κ2) is 5.90. The van der Waals surface area contributed by atoms with Crippen molar-refractivity contribution in [3.8, 4) is 11.8 Å². The molecule has 1 N–H and O–H groups in total. The first-order valence-corrected chi connectivity index (χ1v) is 5.97. The molecule has 0 fully saturated rings. The number of halogens is 1. The predicted molar refractivity (Wildman–Crippen MR) is 67.2 cm³/mol. The minimum Gasteiger partial charge on any atom is -0.489 e. The van der Waals surface area contributed by atoms with Crippen LogP contribution in [0.15, 0.2) is 18.2 Å². The zero-order valence-corrected chi connectivity index (χ0v) is 10.8. The Balaban J connectivity index is 2.82. The average molecular weight is 254 g/mol. The standard InChI is InChI=1S/C13H16ClNO2/c1-3-13(16,4-2)9-17-12-7-11(14)6-5-10(12)8-15/h5-7,16H,3-4,9H2,1-2H3. The molecule has 17 heavy (non-hydrogen) atoms. The van der Waals surface area contributed by atoms with Gasteiger partial charge in [0.15, 0.2) is 0 Å². The van der Waals surface area contributed by atoms with E-state index in [1.54, 1.807) is 18.2 Å². The zero-order valence-electron chi connectivity index (χ0n) is 10.0. The number of ether oxygens (including phenoxy) is 1. The molecule has 1 rings (SSSR count). The predicted octanol–water partition coefficient (Wildman–Crippen LogP) is 3.14. The summed E-state index contributed by atoms with van der Waals surface area (Å²) in [5.41, 5.74) is -0.432. The Hall–Kier alpha value is -1.24. The molecule has 0 amide bonds. The summed E-state index contributed by atoms with van der Waals surface area (Å²) in [5, 5.41) is 19.5. The topological polar surface area (TPSA) is 53.2 Å². The van der Waals surface area contributed by atoms with Crippen LogP contribution in [-0.4, -0.2) is 17.3 Å². The highest BCUT2D eigenvalue weighted by Gasteiger charge is 2.23. The highest BCUT2D eigenvalue weighted by atomic mass is 35.5. The summed E-state index contributed by atoms with van der Waals surface area (Å²) < 4.78 is 5.50. The number of hydrogen-bond acceptors (Lipinski definition) is 3. The Kier molecular flexibility index (Phi) is 4.80. The fraction of sp³-hybridized carbons (Fsp3) is 0.462. The van der Waals surface area contributed by atoms with Gasteiger partial charge in [0, 0.05) is 11.1 Å². The molecule has 0 atom stereocenters. The lowest BCUT2D eigenvalue weighted by atomic mass is 9.99. The maximum absolute atomic E-state index is 10.1. The van der Waals surface area contributed by atoms with E-state index in [1.165, 1.54) is 0 Å². The summed E-state index contributed by atoms with van der Waals surface area (Å²) in [7, 11) is 0. The molecule has 3 nitrogen and oxygen atoms in total. The van der Waals surface area contributed by atoms with Gasteiger partial charge in [-0.05, 0) is 25.0 Å². The molecule has 92 valence electrons. The minimum absolute atomic E-state index is 0.162. The Bertz CT molecular complexity index is 422. The van der Waals surface area contributed by atoms with E-state index in [1.807, 2.05) is 19.9 Å². The lowest BCUT2D eigenvalue weighted by Crippen LogP contribution is -2.34. The van der Waals surface area contributed by atoms with Crippen molar-refractivity contribution in [2.75, 3.05) is 6.61 Å². The van der Waals surface area contributed by atoms with Crippen molar-refractivity contribution in [2.45, 2.75) is 32.3 Å². The van der Waals surface area contributed by atoms with Crippen LogP contribution in [0.25, 0.3) is 0 Å². The second-order valence-electron chi connectivity index (χ2n) is 3.97. The maximum Gasteiger partial charge on any atom is 0.138 e. The number of benzene rings is 1. The molecule has 0 spiro atoms. The van der Waals surface area contributed by atoms with Gasteiger partial charge in [-0.1, -0.05) is 25.4 Å². The van der Waals surface area contributed by atoms with Crippen LogP contribution in [0.3, 0.4) is 0 Å². The van der Waals surface area contributed by atoms with Crippen LogP contribution in [0.4, 0.5) is 0 Å². The van der Waals surface area contributed by atoms with E-state index >= 15 is 0 Å². The van der Waals surface area contributed by atoms with Crippen molar-refractivity contribution in [3.05, 3.63) is 28.8 Å². The fourth-order valence-corrected chi connectivity index (χ4v) is 1.54. The van der Waals surface area contributed by atoms with Crippen LogP contribution in [0.5, 0.6) is 5.75 Å². The fourth-order valence-electron chi connectivity index (χ4n) is 1.37. The average Bonchev–Trinajstić information content (AvgIpc) is 2.36. The van der Waals surface area contributed by atoms with Crippen molar-refractivity contribution in [3.63, 3.8) is 0 Å². The first-order valence-electron chi connectivity index (χ1n) is 5.59. The maximum atomic E-state index is 10.1. The van der Waals surface area contributed by atoms with Gasteiger partial charge in [-0.3, -0.25) is 0 Å². The summed E-state index contributed by atoms with van der Waals surface area (Å²) in [6.45, 7) is 3.96. The first-order chi connectivity index (χ1) is 8.04. The molecule has 0 unspecified atom stereocenters. The van der Waals surface area contributed by atoms with Crippen molar-refractivity contribution < 1.29 is 9.84 Å². The largest absolute Gasteiger partial charge is 0.489 e. The van der Waals surface area contributed by atoms with Crippen LogP contribution >= 0.6 is 11.6 Å². The molecule has 1 aromatic rings. The minimum atomic E-state index is -0.852. The van der Waals surface area contributed by atoms with Gasteiger partial charge >= 0.3 is 0 Å². The first kappa shape index (κ1) is 13.8. The summed E-state index contributed by atoms with van der Waals surface area (Å²) in [6.07, 6.45) is 1.21. The van der Waals surface area contributed by atoms with Gasteiger partial charge in [-0.2, -0.15) is 5.26 Å². The third-order valence-electron chi connectivity index (χ3n) is 2.88. The van der Waals surface area contributed by atoms with Gasteiger partial charge in [0.25, 0.3) is 0 Å². The quantitative estimate of drug-likeness (QED) is 0.877. The molecular weight excluding hydrogens is 238 g/mol. The Morgan fingerprint density at radius 2 is 2.06 bits per heavy atom. The summed E-state index contributed by atoms with van der Waals surface area (Å²) in [5.74, 6) is 0.417. The van der Waals surface area contributed by atoms with E-state index in [0.29, 0.717) is 29.2 Å². The monoisotopic (exact) mass is 253 g/mol. The lowest BCUT2D eigenvalue weighted by Gasteiger charge is -2.25. The van der Waals surface area contributed by atoms with E-state index in [4.69, 9.17) is 21.6 Å². The van der Waals surface area contributed by atoms with E-state index < -0.39 is 5.60 Å². The molecule has 0 aliphatic rings. The molecule has 0 bridgehead atoms. The molecule has 0 radical (unpaired) electrons. The number of hydrogen-bond donors (Lipinski definition) is 1. The van der Waals surface area contributed by atoms with Gasteiger partial charge in [-0.25, -0.2) is 0 Å². The van der Waals surface area contributed by atoms with E-state index in [2.05, 4.69) is 0 Å². The SMILES string of the molecule is CCC(O)(CC)COc1cc(Cl)ccc1C#N. The molecule has 0 aliphatic heterocycles. The molecule has 1 aromatic carbocycles. The molecule has 0 aromatic heterocycles. The number of nitriles is 1. The Labute approximate surface area is 107 Å². The summed E-state index contributed by atoms with van der Waals surface area (Å²) in [4.78, 5) is 0. The number of rotatable bonds is 5. The lowest BCUT2D eigenvalue weighted by molar-refractivity contribution is -0.0114. The van der Waals surface area contributed by atoms with Crippen molar-refractivity contribution in [1.29, 1.82) is 5.26 Å². The molecule has 0 aliphatic carbocycles. The number of aliphatic hydroxyl groups is 1. The molecule has 4 heteroatoms. The zero-order chi connectivity index (χ0) is 12.9. The van der Waals surface area contributed by atoms with Crippen LogP contribution in [-0.2, 0) is 0 Å². The third kappa shape index (κ3) is 3.62. The summed E-state index contributed by atoms with van der Waals surface area (Å²) >= 11 is 5.84. The van der Waals surface area contributed by atoms with Crippen molar-refractivity contribution in [2.24, 2.45) is 0 Å². The molecule has 0 heterocycles.